The molecule has 3 aromatic carbocycles. The summed E-state index contributed by atoms with van der Waals surface area (Å²) in [5, 5.41) is 29.6. The summed E-state index contributed by atoms with van der Waals surface area (Å²) in [6.07, 6.45) is -2.74. The number of H-pyrrole nitrogens is 1. The van der Waals surface area contributed by atoms with Crippen molar-refractivity contribution in [1.29, 1.82) is 0 Å². The van der Waals surface area contributed by atoms with E-state index in [9.17, 15) is 48.3 Å². The molecular weight excluding hydrogens is 773 g/mol. The Hall–Kier alpha value is -4.46. The van der Waals surface area contributed by atoms with Crippen LogP contribution < -0.4 is 16.0 Å². The van der Waals surface area contributed by atoms with Crippen LogP contribution in [-0.2, 0) is 41.9 Å². The summed E-state index contributed by atoms with van der Waals surface area (Å²) >= 11 is 0. The molecule has 0 aliphatic carbocycles. The summed E-state index contributed by atoms with van der Waals surface area (Å²) in [6, 6.07) is 17.6. The molecule has 1 aromatic heterocycles. The molecule has 2 unspecified atom stereocenters. The number of carbonyl (C=O) groups excluding carboxylic acids is 1. The maximum Gasteiger partial charge on any atom is 0.490 e. The molecule has 21 nitrogen and oxygen atoms in total. The van der Waals surface area contributed by atoms with Gasteiger partial charge in [-0.25, -0.2) is 23.3 Å². The van der Waals surface area contributed by atoms with E-state index in [4.69, 9.17) is 28.9 Å². The van der Waals surface area contributed by atoms with E-state index in [0.29, 0.717) is 33.8 Å². The largest absolute Gasteiger partial charge is 0.508 e. The number of fused-ring (bicyclic) bond motifs is 6. The number of phenols is 2. The van der Waals surface area contributed by atoms with Gasteiger partial charge in [0.1, 0.15) is 35.3 Å². The Morgan fingerprint density at radius 1 is 0.830 bits per heavy atom. The summed E-state index contributed by atoms with van der Waals surface area (Å²) in [5.41, 5.74) is -0.215. The van der Waals surface area contributed by atoms with Crippen LogP contribution in [0.2, 0.25) is 0 Å². The lowest BCUT2D eigenvalue weighted by Crippen LogP contribution is -2.32. The molecule has 0 saturated carbocycles. The minimum atomic E-state index is -5.67. The van der Waals surface area contributed by atoms with E-state index in [2.05, 4.69) is 13.1 Å². The van der Waals surface area contributed by atoms with E-state index in [0.717, 1.165) is 16.8 Å². The molecule has 1 spiro atoms. The number of nitrogens with zero attached hydrogens (tertiary/aromatic N) is 1. The number of benzene rings is 3. The van der Waals surface area contributed by atoms with Crippen LogP contribution in [0.25, 0.3) is 0 Å². The molecule has 53 heavy (non-hydrogen) atoms. The number of phosphoric acid groups is 3. The molecule has 282 valence electrons. The van der Waals surface area contributed by atoms with Crippen molar-refractivity contribution in [1.82, 2.24) is 9.55 Å². The Labute approximate surface area is 295 Å². The molecule has 4 aromatic rings. The molecule has 1 fully saturated rings. The van der Waals surface area contributed by atoms with Gasteiger partial charge >= 0.3 is 35.1 Å². The number of aromatic hydroxyl groups is 2. The fourth-order valence-corrected chi connectivity index (χ4v) is 8.84. The highest BCUT2D eigenvalue weighted by molar-refractivity contribution is 7.66. The van der Waals surface area contributed by atoms with E-state index in [1.807, 2.05) is 17.1 Å². The summed E-state index contributed by atoms with van der Waals surface area (Å²) in [6.45, 7) is -0.876. The first kappa shape index (κ1) is 38.3. The Kier molecular flexibility index (Phi) is 10.2. The molecule has 3 aliphatic heterocycles. The topological polar surface area (TPSA) is 320 Å². The van der Waals surface area contributed by atoms with Gasteiger partial charge in [0.2, 0.25) is 0 Å². The van der Waals surface area contributed by atoms with E-state index in [1.165, 1.54) is 24.3 Å². The summed E-state index contributed by atoms with van der Waals surface area (Å²) < 4.78 is 62.8. The van der Waals surface area contributed by atoms with Crippen molar-refractivity contribution in [2.24, 2.45) is 0 Å². The number of phenolic OH excluding ortho intramolecular Hbond substituents is 2. The van der Waals surface area contributed by atoms with Gasteiger partial charge in [0.25, 0.3) is 5.56 Å². The summed E-state index contributed by atoms with van der Waals surface area (Å²) in [4.78, 5) is 72.5. The van der Waals surface area contributed by atoms with E-state index < -0.39 is 71.3 Å². The highest BCUT2D eigenvalue weighted by Gasteiger charge is 2.53. The van der Waals surface area contributed by atoms with Crippen molar-refractivity contribution in [2.45, 2.75) is 30.5 Å². The van der Waals surface area contributed by atoms with Crippen LogP contribution in [0.15, 0.2) is 82.5 Å². The Bertz CT molecular complexity index is 2300. The van der Waals surface area contributed by atoms with Crippen molar-refractivity contribution >= 4 is 29.4 Å². The molecule has 24 heteroatoms. The molecule has 0 bridgehead atoms. The molecule has 1 saturated heterocycles. The molecule has 8 N–H and O–H groups in total. The zero-order valence-electron chi connectivity index (χ0n) is 26.4. The average molecular weight is 800 g/mol. The average Bonchev–Trinajstić information content (AvgIpc) is 3.55. The number of aliphatic hydroxyl groups is 1. The first-order valence-corrected chi connectivity index (χ1v) is 19.4. The third kappa shape index (κ3) is 8.07. The van der Waals surface area contributed by atoms with Crippen LogP contribution in [0.3, 0.4) is 0 Å². The molecule has 3 aliphatic rings. The lowest BCUT2D eigenvalue weighted by Gasteiger charge is -2.36. The van der Waals surface area contributed by atoms with Gasteiger partial charge in [-0.05, 0) is 30.3 Å². The zero-order valence-corrected chi connectivity index (χ0v) is 29.1. The Morgan fingerprint density at radius 2 is 1.45 bits per heavy atom. The summed E-state index contributed by atoms with van der Waals surface area (Å²) in [5.74, 6) is 0.408. The number of esters is 1. The zero-order chi connectivity index (χ0) is 38.5. The van der Waals surface area contributed by atoms with Gasteiger partial charge in [-0.1, -0.05) is 18.2 Å². The first-order valence-electron chi connectivity index (χ1n) is 14.9. The van der Waals surface area contributed by atoms with Gasteiger partial charge in [0.05, 0.1) is 18.3 Å². The first-order chi connectivity index (χ1) is 24.8. The van der Waals surface area contributed by atoms with Gasteiger partial charge < -0.3 is 49.1 Å². The number of phosphoric ester groups is 1. The highest BCUT2D eigenvalue weighted by Crippen LogP contribution is 2.66. The van der Waals surface area contributed by atoms with Gasteiger partial charge in [-0.2, -0.15) is 8.62 Å². The fourth-order valence-electron chi connectivity index (χ4n) is 5.81. The van der Waals surface area contributed by atoms with Gasteiger partial charge in [0, 0.05) is 47.5 Å². The van der Waals surface area contributed by atoms with Crippen molar-refractivity contribution in [2.75, 3.05) is 6.61 Å². The monoisotopic (exact) mass is 800 g/mol. The number of nitrogens with one attached hydrogen (secondary N) is 1. The Balaban J connectivity index is 0.000000182. The second-order valence-corrected chi connectivity index (χ2v) is 15.8. The van der Waals surface area contributed by atoms with Crippen molar-refractivity contribution in [3.05, 3.63) is 116 Å². The van der Waals surface area contributed by atoms with Crippen LogP contribution in [0.4, 0.5) is 0 Å². The number of rotatable bonds is 8. The molecule has 5 atom stereocenters. The smallest absolute Gasteiger partial charge is 0.490 e. The lowest BCUT2D eigenvalue weighted by atomic mass is 9.77. The van der Waals surface area contributed by atoms with E-state index in [-0.39, 0.29) is 17.9 Å². The lowest BCUT2D eigenvalue weighted by molar-refractivity contribution is -0.0450. The quantitative estimate of drug-likeness (QED) is 0.0935. The highest BCUT2D eigenvalue weighted by atomic mass is 31.3. The van der Waals surface area contributed by atoms with Crippen LogP contribution >= 0.6 is 23.5 Å². The van der Waals surface area contributed by atoms with Crippen molar-refractivity contribution in [3.8, 4) is 23.0 Å². The van der Waals surface area contributed by atoms with Gasteiger partial charge in [-0.3, -0.25) is 18.9 Å². The third-order valence-corrected chi connectivity index (χ3v) is 11.7. The number of ether oxygens (including phenoxy) is 3. The Morgan fingerprint density at radius 3 is 2.06 bits per heavy atom. The standard InChI is InChI=1S/C20H12O5.C9H15N2O14P3/c21-11-5-7-15-17(9-11)24-18-10-12(22)6-8-16(18)20(15)14-4-2-1-3-13(14)19(23)25-20;12-5-3-8(11-2-1-7(13)10-9(11)14)23-6(5)4-22-27(18,19)25-28(20,21)24-26(15,16)17/h1-10,21-22H;1-2,5-6,8,12H,3-4H2,(H,18,19)(H,20,21)(H,10,13,14)(H2,15,16,17)/t;5-,6+,8+/m.0/s1. The van der Waals surface area contributed by atoms with E-state index >= 15 is 0 Å². The number of aromatic nitrogens is 2. The van der Waals surface area contributed by atoms with Crippen LogP contribution in [0, 0.1) is 0 Å². The van der Waals surface area contributed by atoms with E-state index in [1.54, 1.807) is 24.3 Å². The fraction of sp³-hybridized carbons (Fsp3) is 0.207. The van der Waals surface area contributed by atoms with Gasteiger partial charge in [0.15, 0.2) is 5.60 Å². The third-order valence-electron chi connectivity index (χ3n) is 7.86. The molecule has 4 heterocycles. The molecule has 7 rings (SSSR count). The maximum absolute atomic E-state index is 12.5. The van der Waals surface area contributed by atoms with Crippen LogP contribution in [0.1, 0.15) is 39.7 Å². The number of aromatic amines is 1. The summed E-state index contributed by atoms with van der Waals surface area (Å²) in [7, 11) is -16.6. The SMILES string of the molecule is O=C1OC2(c3ccc(O)cc3Oc3cc(O)ccc32)c2ccccc21.O=c1ccn([C@H]2C[C@H](O)[C@@H](COP(=O)(O)OP(=O)(O)OP(=O)(O)O)O2)c(=O)[nH]1. The number of aliphatic hydroxyl groups excluding tert-OH is 1. The number of hydrogen-bond acceptors (Lipinski definition) is 15. The van der Waals surface area contributed by atoms with Gasteiger partial charge in [-0.15, -0.1) is 0 Å². The van der Waals surface area contributed by atoms with Crippen LogP contribution in [-0.4, -0.2) is 69.2 Å². The minimum absolute atomic E-state index is 0.0371. The van der Waals surface area contributed by atoms with Crippen molar-refractivity contribution in [3.63, 3.8) is 0 Å². The molecule has 0 radical (unpaired) electrons. The molecule has 0 amide bonds. The predicted octanol–water partition coefficient (Wildman–Crippen LogP) is 2.19. The second-order valence-electron chi connectivity index (χ2n) is 11.4. The van der Waals surface area contributed by atoms with Crippen LogP contribution in [0.5, 0.6) is 23.0 Å². The number of hydrogen-bond donors (Lipinski definition) is 8. The predicted molar refractivity (Wildman–Crippen MR) is 174 cm³/mol. The second kappa shape index (κ2) is 14.1. The maximum atomic E-state index is 12.5. The normalized spacial score (nSPS) is 21.8. The van der Waals surface area contributed by atoms with Crippen molar-refractivity contribution < 1.29 is 80.7 Å². The molecular formula is C29H27N2O19P3. The minimum Gasteiger partial charge on any atom is -0.508 e. The number of carbonyl (C=O) groups is 1.